The van der Waals surface area contributed by atoms with Gasteiger partial charge in [-0.2, -0.15) is 0 Å². The third-order valence-corrected chi connectivity index (χ3v) is 2.68. The van der Waals surface area contributed by atoms with Crippen LogP contribution in [0.25, 0.3) is 10.9 Å². The second kappa shape index (κ2) is 6.03. The van der Waals surface area contributed by atoms with Gasteiger partial charge < -0.3 is 4.98 Å². The first kappa shape index (κ1) is 12.4. The minimum atomic E-state index is -0.407. The van der Waals surface area contributed by atoms with Crippen molar-refractivity contribution in [3.05, 3.63) is 72.4 Å². The summed E-state index contributed by atoms with van der Waals surface area (Å²) in [6, 6.07) is 19.0. The highest BCUT2D eigenvalue weighted by molar-refractivity contribution is 6.67. The van der Waals surface area contributed by atoms with Crippen LogP contribution in [0.5, 0.6) is 0 Å². The van der Waals surface area contributed by atoms with Gasteiger partial charge in [0, 0.05) is 17.3 Å². The lowest BCUT2D eigenvalue weighted by atomic mass is 10.2. The maximum Gasteiger partial charge on any atom is 0.252 e. The number of halogens is 1. The molecular formula is C15H12ClNO. The molecule has 0 aliphatic carbocycles. The number of H-pyrrole nitrogens is 1. The third-order valence-electron chi connectivity index (χ3n) is 2.46. The maximum absolute atomic E-state index is 10.4. The quantitative estimate of drug-likeness (QED) is 0.650. The zero-order valence-electron chi connectivity index (χ0n) is 9.64. The van der Waals surface area contributed by atoms with Gasteiger partial charge in [0.25, 0.3) is 5.24 Å². The molecule has 2 aromatic carbocycles. The molecule has 90 valence electrons. The van der Waals surface area contributed by atoms with Crippen molar-refractivity contribution in [3.63, 3.8) is 0 Å². The van der Waals surface area contributed by atoms with Crippen LogP contribution in [0.4, 0.5) is 0 Å². The van der Waals surface area contributed by atoms with E-state index >= 15 is 0 Å². The molecular weight excluding hydrogens is 246 g/mol. The Morgan fingerprint density at radius 1 is 0.889 bits per heavy atom. The number of carbonyl (C=O) groups is 1. The van der Waals surface area contributed by atoms with Crippen LogP contribution in [-0.2, 0) is 0 Å². The average molecular weight is 258 g/mol. The smallest absolute Gasteiger partial charge is 0.252 e. The van der Waals surface area contributed by atoms with Gasteiger partial charge in [0.05, 0.1) is 0 Å². The van der Waals surface area contributed by atoms with Crippen molar-refractivity contribution in [2.75, 3.05) is 0 Å². The van der Waals surface area contributed by atoms with Crippen molar-refractivity contribution < 1.29 is 4.79 Å². The SMILES string of the molecule is O=C(Cl)c1ccccc1.c1ccc2[nH]ccc2c1. The fourth-order valence-electron chi connectivity index (χ4n) is 1.56. The van der Waals surface area contributed by atoms with Crippen molar-refractivity contribution in [1.29, 1.82) is 0 Å². The van der Waals surface area contributed by atoms with Gasteiger partial charge in [-0.1, -0.05) is 48.5 Å². The number of hydrogen-bond acceptors (Lipinski definition) is 1. The Bertz CT molecular complexity index is 601. The van der Waals surface area contributed by atoms with E-state index < -0.39 is 5.24 Å². The maximum atomic E-state index is 10.4. The highest BCUT2D eigenvalue weighted by atomic mass is 35.5. The standard InChI is InChI=1S/C8H7N.C7H5ClO/c1-2-4-8-7(3-1)5-6-9-8;8-7(9)6-4-2-1-3-5-6/h1-6,9H;1-5H. The first-order valence-electron chi connectivity index (χ1n) is 5.54. The minimum absolute atomic E-state index is 0.407. The summed E-state index contributed by atoms with van der Waals surface area (Å²) in [5.74, 6) is 0. The molecule has 0 amide bonds. The van der Waals surface area contributed by atoms with Gasteiger partial charge in [-0.25, -0.2) is 0 Å². The minimum Gasteiger partial charge on any atom is -0.361 e. The Morgan fingerprint density at radius 2 is 1.56 bits per heavy atom. The van der Waals surface area contributed by atoms with E-state index in [1.54, 1.807) is 24.3 Å². The van der Waals surface area contributed by atoms with E-state index in [1.807, 2.05) is 24.4 Å². The lowest BCUT2D eigenvalue weighted by molar-refractivity contribution is 0.108. The first-order chi connectivity index (χ1) is 8.77. The molecule has 1 heterocycles. The molecule has 0 aliphatic heterocycles. The molecule has 0 saturated carbocycles. The number of aromatic nitrogens is 1. The molecule has 3 rings (SSSR count). The summed E-state index contributed by atoms with van der Waals surface area (Å²) >= 11 is 5.16. The fraction of sp³-hybridized carbons (Fsp3) is 0. The van der Waals surface area contributed by atoms with Crippen LogP contribution in [0.3, 0.4) is 0 Å². The fourth-order valence-corrected chi connectivity index (χ4v) is 1.69. The van der Waals surface area contributed by atoms with Gasteiger partial charge in [-0.3, -0.25) is 4.79 Å². The van der Waals surface area contributed by atoms with Crippen molar-refractivity contribution in [2.45, 2.75) is 0 Å². The molecule has 0 saturated heterocycles. The summed E-state index contributed by atoms with van der Waals surface area (Å²) in [5, 5.41) is 0.869. The third kappa shape index (κ3) is 3.22. The Hall–Kier alpha value is -2.06. The van der Waals surface area contributed by atoms with Gasteiger partial charge >= 0.3 is 0 Å². The molecule has 0 unspecified atom stereocenters. The largest absolute Gasteiger partial charge is 0.361 e. The molecule has 0 radical (unpaired) electrons. The first-order valence-corrected chi connectivity index (χ1v) is 5.92. The Labute approximate surface area is 110 Å². The predicted octanol–water partition coefficient (Wildman–Crippen LogP) is 4.23. The Kier molecular flexibility index (Phi) is 4.15. The number of hydrogen-bond donors (Lipinski definition) is 1. The van der Waals surface area contributed by atoms with E-state index in [9.17, 15) is 4.79 Å². The Morgan fingerprint density at radius 3 is 2.17 bits per heavy atom. The molecule has 0 aliphatic rings. The van der Waals surface area contributed by atoms with Gasteiger partial charge in [0.2, 0.25) is 0 Å². The van der Waals surface area contributed by atoms with Crippen LogP contribution in [0.1, 0.15) is 10.4 Å². The number of benzene rings is 2. The topological polar surface area (TPSA) is 32.9 Å². The monoisotopic (exact) mass is 257 g/mol. The number of para-hydroxylation sites is 1. The lowest BCUT2D eigenvalue weighted by Gasteiger charge is -1.87. The molecule has 0 spiro atoms. The normalized spacial score (nSPS) is 9.61. The zero-order valence-corrected chi connectivity index (χ0v) is 10.4. The molecule has 3 aromatic rings. The molecule has 0 fully saturated rings. The molecule has 2 nitrogen and oxygen atoms in total. The van der Waals surface area contributed by atoms with E-state index in [-0.39, 0.29) is 0 Å². The molecule has 0 atom stereocenters. The van der Waals surface area contributed by atoms with Crippen molar-refractivity contribution >= 4 is 27.7 Å². The summed E-state index contributed by atoms with van der Waals surface area (Å²) in [7, 11) is 0. The van der Waals surface area contributed by atoms with E-state index in [0.29, 0.717) is 5.56 Å². The molecule has 18 heavy (non-hydrogen) atoms. The molecule has 3 heteroatoms. The molecule has 1 aromatic heterocycles. The van der Waals surface area contributed by atoms with Crippen LogP contribution >= 0.6 is 11.6 Å². The van der Waals surface area contributed by atoms with E-state index in [0.717, 1.165) is 0 Å². The van der Waals surface area contributed by atoms with Crippen LogP contribution in [0, 0.1) is 0 Å². The summed E-state index contributed by atoms with van der Waals surface area (Å²) in [6.45, 7) is 0. The van der Waals surface area contributed by atoms with Crippen LogP contribution < -0.4 is 0 Å². The summed E-state index contributed by atoms with van der Waals surface area (Å²) in [4.78, 5) is 13.5. The van der Waals surface area contributed by atoms with E-state index in [1.165, 1.54) is 10.9 Å². The number of nitrogens with one attached hydrogen (secondary N) is 1. The van der Waals surface area contributed by atoms with Crippen LogP contribution in [0.2, 0.25) is 0 Å². The van der Waals surface area contributed by atoms with Crippen molar-refractivity contribution in [1.82, 2.24) is 4.98 Å². The predicted molar refractivity (Wildman–Crippen MR) is 74.9 cm³/mol. The number of rotatable bonds is 1. The number of aromatic amines is 1. The zero-order chi connectivity index (χ0) is 12.8. The summed E-state index contributed by atoms with van der Waals surface area (Å²) in [5.41, 5.74) is 1.75. The van der Waals surface area contributed by atoms with E-state index in [4.69, 9.17) is 11.6 Å². The average Bonchev–Trinajstić information content (AvgIpc) is 2.89. The van der Waals surface area contributed by atoms with Gasteiger partial charge in [0.1, 0.15) is 0 Å². The second-order valence-corrected chi connectivity index (χ2v) is 4.05. The van der Waals surface area contributed by atoms with Crippen molar-refractivity contribution in [2.24, 2.45) is 0 Å². The number of fused-ring (bicyclic) bond motifs is 1. The number of carbonyl (C=O) groups excluding carboxylic acids is 1. The summed E-state index contributed by atoms with van der Waals surface area (Å²) in [6.07, 6.45) is 1.95. The second-order valence-electron chi connectivity index (χ2n) is 3.70. The highest BCUT2D eigenvalue weighted by Crippen LogP contribution is 2.09. The van der Waals surface area contributed by atoms with Gasteiger partial charge in [-0.15, -0.1) is 0 Å². The molecule has 0 bridgehead atoms. The Balaban J connectivity index is 0.000000134. The van der Waals surface area contributed by atoms with Gasteiger partial charge in [-0.05, 0) is 29.1 Å². The summed E-state index contributed by atoms with van der Waals surface area (Å²) < 4.78 is 0. The lowest BCUT2D eigenvalue weighted by Crippen LogP contribution is -1.84. The highest BCUT2D eigenvalue weighted by Gasteiger charge is 1.95. The van der Waals surface area contributed by atoms with E-state index in [2.05, 4.69) is 23.2 Å². The van der Waals surface area contributed by atoms with Crippen LogP contribution in [-0.4, -0.2) is 10.2 Å². The van der Waals surface area contributed by atoms with Crippen LogP contribution in [0.15, 0.2) is 66.9 Å². The van der Waals surface area contributed by atoms with Crippen molar-refractivity contribution in [3.8, 4) is 0 Å². The molecule has 1 N–H and O–H groups in total. The van der Waals surface area contributed by atoms with Gasteiger partial charge in [0.15, 0.2) is 0 Å².